The first-order chi connectivity index (χ1) is 11.4. The molecular formula is C17H20ClN5O. The summed E-state index contributed by atoms with van der Waals surface area (Å²) in [5, 5.41) is 18.3. The van der Waals surface area contributed by atoms with E-state index in [9.17, 15) is 0 Å². The fourth-order valence-electron chi connectivity index (χ4n) is 4.40. The fourth-order valence-corrected chi connectivity index (χ4v) is 4.52. The number of ether oxygens (including phenoxy) is 1. The molecule has 1 spiro atoms. The number of hydrogen-bond donors (Lipinski definition) is 2. The van der Waals surface area contributed by atoms with Crippen molar-refractivity contribution in [3.63, 3.8) is 0 Å². The van der Waals surface area contributed by atoms with Gasteiger partial charge in [-0.1, -0.05) is 16.8 Å². The molecule has 24 heavy (non-hydrogen) atoms. The first kappa shape index (κ1) is 14.5. The minimum absolute atomic E-state index is 0.0570. The SMILES string of the molecule is CC(C)(C)OC1C2c3[nH][nH]c3CC13C2N=NN3c1ccc(Cl)cc1. The lowest BCUT2D eigenvalue weighted by atomic mass is 9.53. The summed E-state index contributed by atoms with van der Waals surface area (Å²) in [6.45, 7) is 6.30. The van der Waals surface area contributed by atoms with Crippen LogP contribution in [0.5, 0.6) is 0 Å². The van der Waals surface area contributed by atoms with Crippen molar-refractivity contribution >= 4 is 17.3 Å². The van der Waals surface area contributed by atoms with Gasteiger partial charge >= 0.3 is 0 Å². The van der Waals surface area contributed by atoms with Gasteiger partial charge in [0.2, 0.25) is 0 Å². The maximum atomic E-state index is 6.48. The third-order valence-corrected chi connectivity index (χ3v) is 5.60. The van der Waals surface area contributed by atoms with Crippen LogP contribution in [0.15, 0.2) is 34.6 Å². The monoisotopic (exact) mass is 345 g/mol. The largest absolute Gasteiger partial charge is 0.369 e. The first-order valence-electron chi connectivity index (χ1n) is 8.30. The van der Waals surface area contributed by atoms with E-state index in [1.165, 1.54) is 11.4 Å². The summed E-state index contributed by atoms with van der Waals surface area (Å²) in [5.74, 6) is 0.246. The Balaban J connectivity index is 1.58. The van der Waals surface area contributed by atoms with Crippen molar-refractivity contribution in [1.29, 1.82) is 0 Å². The molecule has 4 aliphatic rings. The Morgan fingerprint density at radius 3 is 2.62 bits per heavy atom. The van der Waals surface area contributed by atoms with E-state index in [0.29, 0.717) is 0 Å². The van der Waals surface area contributed by atoms with Gasteiger partial charge in [0.25, 0.3) is 0 Å². The summed E-state index contributed by atoms with van der Waals surface area (Å²) in [7, 11) is 0. The number of nitrogens with zero attached hydrogens (tertiary/aromatic N) is 3. The molecule has 6 nitrogen and oxygen atoms in total. The molecule has 1 fully saturated rings. The van der Waals surface area contributed by atoms with E-state index in [0.717, 1.165) is 17.1 Å². The molecule has 7 heteroatoms. The second-order valence-electron chi connectivity index (χ2n) is 7.92. The maximum absolute atomic E-state index is 6.48. The van der Waals surface area contributed by atoms with Crippen molar-refractivity contribution in [2.45, 2.75) is 56.4 Å². The average Bonchev–Trinajstić information content (AvgIpc) is 2.82. The van der Waals surface area contributed by atoms with Crippen LogP contribution in [-0.4, -0.2) is 33.5 Å². The molecule has 0 radical (unpaired) electrons. The van der Waals surface area contributed by atoms with Crippen LogP contribution in [0, 0.1) is 0 Å². The minimum atomic E-state index is -0.250. The van der Waals surface area contributed by atoms with Crippen LogP contribution in [-0.2, 0) is 11.2 Å². The van der Waals surface area contributed by atoms with Crippen LogP contribution in [0.1, 0.15) is 38.1 Å². The van der Waals surface area contributed by atoms with E-state index in [4.69, 9.17) is 16.3 Å². The van der Waals surface area contributed by atoms with Gasteiger partial charge in [-0.05, 0) is 45.0 Å². The Labute approximate surface area is 145 Å². The van der Waals surface area contributed by atoms with Crippen LogP contribution in [0.4, 0.5) is 5.69 Å². The van der Waals surface area contributed by atoms with E-state index in [-0.39, 0.29) is 29.2 Å². The van der Waals surface area contributed by atoms with Crippen molar-refractivity contribution in [1.82, 2.24) is 10.2 Å². The first-order valence-corrected chi connectivity index (χ1v) is 8.67. The van der Waals surface area contributed by atoms with Gasteiger partial charge in [0.15, 0.2) is 0 Å². The molecule has 1 saturated carbocycles. The average molecular weight is 346 g/mol. The number of rotatable bonds is 2. The molecule has 126 valence electrons. The summed E-state index contributed by atoms with van der Waals surface area (Å²) in [6.07, 6.45) is 0.911. The topological polar surface area (TPSA) is 68.8 Å². The summed E-state index contributed by atoms with van der Waals surface area (Å²) in [5.41, 5.74) is 3.04. The van der Waals surface area contributed by atoms with Crippen molar-refractivity contribution in [2.24, 2.45) is 10.3 Å². The van der Waals surface area contributed by atoms with Crippen molar-refractivity contribution < 1.29 is 4.74 Å². The van der Waals surface area contributed by atoms with Gasteiger partial charge in [-0.15, -0.1) is 0 Å². The molecule has 1 aliphatic heterocycles. The third-order valence-electron chi connectivity index (χ3n) is 5.35. The molecular weight excluding hydrogens is 326 g/mol. The molecule has 6 rings (SSSR count). The summed E-state index contributed by atoms with van der Waals surface area (Å²) < 4.78 is 6.48. The predicted molar refractivity (Wildman–Crippen MR) is 91.5 cm³/mol. The summed E-state index contributed by atoms with van der Waals surface area (Å²) in [4.78, 5) is 0. The van der Waals surface area contributed by atoms with E-state index in [1.807, 2.05) is 29.3 Å². The van der Waals surface area contributed by atoms with Crippen LogP contribution >= 0.6 is 11.6 Å². The molecule has 0 amide bonds. The Hall–Kier alpha value is -1.79. The van der Waals surface area contributed by atoms with E-state index in [2.05, 4.69) is 41.3 Å². The number of halogens is 1. The Morgan fingerprint density at radius 1 is 1.25 bits per heavy atom. The van der Waals surface area contributed by atoms with E-state index < -0.39 is 0 Å². The molecule has 1 aromatic heterocycles. The molecule has 4 atom stereocenters. The second kappa shape index (κ2) is 4.43. The Bertz CT molecular complexity index is 817. The van der Waals surface area contributed by atoms with Crippen molar-refractivity contribution in [3.05, 3.63) is 40.7 Å². The normalized spacial score (nSPS) is 33.3. The second-order valence-corrected chi connectivity index (χ2v) is 8.36. The van der Waals surface area contributed by atoms with E-state index in [1.54, 1.807) is 0 Å². The van der Waals surface area contributed by atoms with Gasteiger partial charge in [0.1, 0.15) is 11.6 Å². The molecule has 2 heterocycles. The summed E-state index contributed by atoms with van der Waals surface area (Å²) >= 11 is 6.04. The molecule has 1 aromatic carbocycles. The zero-order valence-corrected chi connectivity index (χ0v) is 14.6. The lowest BCUT2D eigenvalue weighted by Crippen LogP contribution is -2.78. The minimum Gasteiger partial charge on any atom is -0.369 e. The molecule has 2 bridgehead atoms. The van der Waals surface area contributed by atoms with Crippen LogP contribution < -0.4 is 5.01 Å². The van der Waals surface area contributed by atoms with Crippen molar-refractivity contribution in [2.75, 3.05) is 5.01 Å². The van der Waals surface area contributed by atoms with Gasteiger partial charge < -0.3 is 14.9 Å². The lowest BCUT2D eigenvalue weighted by Gasteiger charge is -2.62. The highest BCUT2D eigenvalue weighted by atomic mass is 35.5. The van der Waals surface area contributed by atoms with Gasteiger partial charge in [0.05, 0.1) is 34.7 Å². The number of nitrogens with one attached hydrogen (secondary N) is 2. The predicted octanol–water partition coefficient (Wildman–Crippen LogP) is 3.83. The Kier molecular flexibility index (Phi) is 2.69. The van der Waals surface area contributed by atoms with Crippen LogP contribution in [0.2, 0.25) is 5.02 Å². The number of aromatic nitrogens is 2. The van der Waals surface area contributed by atoms with Crippen LogP contribution in [0.25, 0.3) is 0 Å². The lowest BCUT2D eigenvalue weighted by molar-refractivity contribution is -0.161. The molecule has 3 aliphatic carbocycles. The fraction of sp³-hybridized carbons (Fsp3) is 0.529. The highest BCUT2D eigenvalue weighted by molar-refractivity contribution is 6.30. The zero-order valence-electron chi connectivity index (χ0n) is 13.9. The molecule has 2 N–H and O–H groups in total. The number of hydrogen-bond acceptors (Lipinski definition) is 4. The Morgan fingerprint density at radius 2 is 2.00 bits per heavy atom. The summed E-state index contributed by atoms with van der Waals surface area (Å²) in [6, 6.07) is 7.91. The van der Waals surface area contributed by atoms with Crippen LogP contribution in [0.3, 0.4) is 0 Å². The molecule has 4 unspecified atom stereocenters. The zero-order chi connectivity index (χ0) is 16.7. The molecule has 0 saturated heterocycles. The standard InChI is InChI=1S/C17H20ClN5O/c1-16(2,3)24-15-12-13-11(19-20-13)8-17(15)14(12)21-22-23(17)10-6-4-9(18)5-7-10/h4-7,12,14-15,19-20H,8H2,1-3H3. The highest BCUT2D eigenvalue weighted by Crippen LogP contribution is 2.62. The third kappa shape index (κ3) is 1.70. The number of benzene rings is 1. The van der Waals surface area contributed by atoms with Gasteiger partial charge in [-0.25, -0.2) is 5.01 Å². The van der Waals surface area contributed by atoms with Crippen molar-refractivity contribution in [3.8, 4) is 0 Å². The highest BCUT2D eigenvalue weighted by Gasteiger charge is 2.74. The van der Waals surface area contributed by atoms with Gasteiger partial charge in [-0.3, -0.25) is 0 Å². The number of aromatic amines is 2. The smallest absolute Gasteiger partial charge is 0.122 e. The molecule has 2 aromatic rings. The number of H-pyrrole nitrogens is 2. The quantitative estimate of drug-likeness (QED) is 0.868. The number of anilines is 1. The van der Waals surface area contributed by atoms with Gasteiger partial charge in [-0.2, -0.15) is 5.11 Å². The van der Waals surface area contributed by atoms with E-state index >= 15 is 0 Å². The maximum Gasteiger partial charge on any atom is 0.122 e. The van der Waals surface area contributed by atoms with Gasteiger partial charge in [0, 0.05) is 11.4 Å².